The molecule has 1 aromatic heterocycles. The van der Waals surface area contributed by atoms with E-state index in [1.165, 1.54) is 11.3 Å². The van der Waals surface area contributed by atoms with Gasteiger partial charge in [0.1, 0.15) is 0 Å². The van der Waals surface area contributed by atoms with Crippen molar-refractivity contribution in [2.75, 3.05) is 38.5 Å². The van der Waals surface area contributed by atoms with Crippen LogP contribution in [0.25, 0.3) is 0 Å². The van der Waals surface area contributed by atoms with E-state index in [2.05, 4.69) is 10.3 Å². The maximum absolute atomic E-state index is 11.9. The fourth-order valence-electron chi connectivity index (χ4n) is 1.78. The number of nitrogens with zero attached hydrogens (tertiary/aromatic N) is 3. The monoisotopic (exact) mass is 298 g/mol. The summed E-state index contributed by atoms with van der Waals surface area (Å²) in [6.45, 7) is 7.55. The lowest BCUT2D eigenvalue weighted by Crippen LogP contribution is -2.41. The van der Waals surface area contributed by atoms with Crippen molar-refractivity contribution in [3.8, 4) is 0 Å². The molecule has 0 atom stereocenters. The molecule has 112 valence electrons. The molecule has 1 heterocycles. The standard InChI is InChI=1S/C13H22N4O2S/c1-5-17(6-2)12(19)8-16(4)7-11(18)15-13-14-10(3)9-20-13/h9H,5-8H2,1-4H3,(H,14,15,18). The van der Waals surface area contributed by atoms with Crippen LogP contribution in [-0.2, 0) is 9.59 Å². The summed E-state index contributed by atoms with van der Waals surface area (Å²) in [4.78, 5) is 31.3. The van der Waals surface area contributed by atoms with Crippen molar-refractivity contribution in [2.45, 2.75) is 20.8 Å². The van der Waals surface area contributed by atoms with E-state index in [1.54, 1.807) is 16.8 Å². The first kappa shape index (κ1) is 16.6. The van der Waals surface area contributed by atoms with E-state index >= 15 is 0 Å². The van der Waals surface area contributed by atoms with Gasteiger partial charge in [-0.15, -0.1) is 11.3 Å². The summed E-state index contributed by atoms with van der Waals surface area (Å²) < 4.78 is 0. The van der Waals surface area contributed by atoms with Gasteiger partial charge in [-0.05, 0) is 27.8 Å². The van der Waals surface area contributed by atoms with E-state index in [-0.39, 0.29) is 24.9 Å². The van der Waals surface area contributed by atoms with Crippen LogP contribution in [0.3, 0.4) is 0 Å². The molecule has 20 heavy (non-hydrogen) atoms. The number of aromatic nitrogens is 1. The van der Waals surface area contributed by atoms with Crippen molar-refractivity contribution >= 4 is 28.3 Å². The molecule has 0 spiro atoms. The Morgan fingerprint density at radius 2 is 1.95 bits per heavy atom. The van der Waals surface area contributed by atoms with Crippen LogP contribution in [0.2, 0.25) is 0 Å². The molecule has 7 heteroatoms. The Hall–Kier alpha value is -1.47. The van der Waals surface area contributed by atoms with Crippen LogP contribution in [0.4, 0.5) is 5.13 Å². The Labute approximate surface area is 123 Å². The number of amides is 2. The van der Waals surface area contributed by atoms with Crippen molar-refractivity contribution in [3.05, 3.63) is 11.1 Å². The molecule has 1 aromatic rings. The normalized spacial score (nSPS) is 10.7. The van der Waals surface area contributed by atoms with Crippen LogP contribution in [-0.4, -0.2) is 59.8 Å². The summed E-state index contributed by atoms with van der Waals surface area (Å²) in [5.41, 5.74) is 0.885. The highest BCUT2D eigenvalue weighted by molar-refractivity contribution is 7.13. The molecule has 1 rings (SSSR count). The molecular formula is C13H22N4O2S. The summed E-state index contributed by atoms with van der Waals surface area (Å²) in [5.74, 6) is -0.121. The second-order valence-corrected chi connectivity index (χ2v) is 5.44. The van der Waals surface area contributed by atoms with Crippen molar-refractivity contribution < 1.29 is 9.59 Å². The Bertz CT molecular complexity index is 457. The van der Waals surface area contributed by atoms with Crippen molar-refractivity contribution in [1.29, 1.82) is 0 Å². The van der Waals surface area contributed by atoms with Gasteiger partial charge in [-0.25, -0.2) is 4.98 Å². The summed E-state index contributed by atoms with van der Waals surface area (Å²) >= 11 is 1.39. The Kier molecular flexibility index (Phi) is 6.60. The molecule has 1 N–H and O–H groups in total. The molecule has 0 unspecified atom stereocenters. The summed E-state index contributed by atoms with van der Waals surface area (Å²) in [6, 6.07) is 0. The Balaban J connectivity index is 2.39. The maximum atomic E-state index is 11.9. The largest absolute Gasteiger partial charge is 0.342 e. The van der Waals surface area contributed by atoms with Crippen LogP contribution in [0.5, 0.6) is 0 Å². The first-order valence-corrected chi connectivity index (χ1v) is 7.52. The fraction of sp³-hybridized carbons (Fsp3) is 0.615. The zero-order valence-corrected chi connectivity index (χ0v) is 13.3. The number of hydrogen-bond acceptors (Lipinski definition) is 5. The molecule has 0 aromatic carbocycles. The van der Waals surface area contributed by atoms with Gasteiger partial charge in [-0.1, -0.05) is 0 Å². The van der Waals surface area contributed by atoms with E-state index in [4.69, 9.17) is 0 Å². The van der Waals surface area contributed by atoms with E-state index in [0.29, 0.717) is 18.2 Å². The van der Waals surface area contributed by atoms with Crippen molar-refractivity contribution in [3.63, 3.8) is 0 Å². The minimum absolute atomic E-state index is 0.0374. The van der Waals surface area contributed by atoms with Crippen LogP contribution in [0, 0.1) is 6.92 Å². The number of anilines is 1. The first-order chi connectivity index (χ1) is 9.46. The third kappa shape index (κ3) is 5.26. The summed E-state index contributed by atoms with van der Waals surface area (Å²) in [5, 5.41) is 5.20. The minimum atomic E-state index is -0.158. The molecule has 0 saturated heterocycles. The average Bonchev–Trinajstić information content (AvgIpc) is 2.75. The van der Waals surface area contributed by atoms with Crippen LogP contribution >= 0.6 is 11.3 Å². The molecular weight excluding hydrogens is 276 g/mol. The Morgan fingerprint density at radius 3 is 2.45 bits per heavy atom. The number of likely N-dealkylation sites (N-methyl/N-ethyl adjacent to an activating group) is 2. The minimum Gasteiger partial charge on any atom is -0.342 e. The molecule has 0 saturated carbocycles. The van der Waals surface area contributed by atoms with E-state index in [9.17, 15) is 9.59 Å². The highest BCUT2D eigenvalue weighted by atomic mass is 32.1. The molecule has 0 aliphatic carbocycles. The van der Waals surface area contributed by atoms with E-state index in [0.717, 1.165) is 5.69 Å². The smallest absolute Gasteiger partial charge is 0.240 e. The maximum Gasteiger partial charge on any atom is 0.240 e. The number of nitrogens with one attached hydrogen (secondary N) is 1. The van der Waals surface area contributed by atoms with Gasteiger partial charge in [0, 0.05) is 18.5 Å². The predicted octanol–water partition coefficient (Wildman–Crippen LogP) is 1.19. The van der Waals surface area contributed by atoms with Gasteiger partial charge in [0.15, 0.2) is 5.13 Å². The van der Waals surface area contributed by atoms with E-state index in [1.807, 2.05) is 26.2 Å². The van der Waals surface area contributed by atoms with Crippen LogP contribution in [0.15, 0.2) is 5.38 Å². The number of hydrogen-bond donors (Lipinski definition) is 1. The SMILES string of the molecule is CCN(CC)C(=O)CN(C)CC(=O)Nc1nc(C)cs1. The van der Waals surface area contributed by atoms with Crippen LogP contribution < -0.4 is 5.32 Å². The van der Waals surface area contributed by atoms with E-state index < -0.39 is 0 Å². The topological polar surface area (TPSA) is 65.5 Å². The van der Waals surface area contributed by atoms with Gasteiger partial charge in [0.2, 0.25) is 11.8 Å². The van der Waals surface area contributed by atoms with Gasteiger partial charge in [-0.3, -0.25) is 14.5 Å². The number of carbonyl (C=O) groups is 2. The van der Waals surface area contributed by atoms with Crippen LogP contribution in [0.1, 0.15) is 19.5 Å². The molecule has 6 nitrogen and oxygen atoms in total. The third-order valence-electron chi connectivity index (χ3n) is 2.80. The molecule has 2 amide bonds. The highest BCUT2D eigenvalue weighted by Gasteiger charge is 2.15. The third-order valence-corrected chi connectivity index (χ3v) is 3.68. The molecule has 0 bridgehead atoms. The first-order valence-electron chi connectivity index (χ1n) is 6.64. The number of thiazole rings is 1. The molecule has 0 fully saturated rings. The van der Waals surface area contributed by atoms with Gasteiger partial charge < -0.3 is 10.2 Å². The average molecular weight is 298 g/mol. The zero-order valence-electron chi connectivity index (χ0n) is 12.5. The lowest BCUT2D eigenvalue weighted by molar-refractivity contribution is -0.132. The Morgan fingerprint density at radius 1 is 1.30 bits per heavy atom. The van der Waals surface area contributed by atoms with Gasteiger partial charge in [0.05, 0.1) is 18.8 Å². The lowest BCUT2D eigenvalue weighted by atomic mass is 10.4. The second kappa shape index (κ2) is 7.96. The zero-order chi connectivity index (χ0) is 15.1. The summed E-state index contributed by atoms with van der Waals surface area (Å²) in [7, 11) is 1.76. The number of rotatable bonds is 7. The lowest BCUT2D eigenvalue weighted by Gasteiger charge is -2.22. The van der Waals surface area contributed by atoms with Crippen molar-refractivity contribution in [1.82, 2.24) is 14.8 Å². The van der Waals surface area contributed by atoms with Gasteiger partial charge in [-0.2, -0.15) is 0 Å². The number of aryl methyl sites for hydroxylation is 1. The number of carbonyl (C=O) groups excluding carboxylic acids is 2. The molecule has 0 radical (unpaired) electrons. The predicted molar refractivity (Wildman–Crippen MR) is 80.9 cm³/mol. The second-order valence-electron chi connectivity index (χ2n) is 4.58. The highest BCUT2D eigenvalue weighted by Crippen LogP contribution is 2.13. The van der Waals surface area contributed by atoms with Crippen molar-refractivity contribution in [2.24, 2.45) is 0 Å². The van der Waals surface area contributed by atoms with Gasteiger partial charge in [0.25, 0.3) is 0 Å². The molecule has 0 aliphatic rings. The quantitative estimate of drug-likeness (QED) is 0.821. The van der Waals surface area contributed by atoms with Gasteiger partial charge >= 0.3 is 0 Å². The summed E-state index contributed by atoms with van der Waals surface area (Å²) in [6.07, 6.45) is 0. The molecule has 0 aliphatic heterocycles. The fourth-order valence-corrected chi connectivity index (χ4v) is 2.48.